The third-order valence-electron chi connectivity index (χ3n) is 2.83. The molecule has 1 aromatic carbocycles. The summed E-state index contributed by atoms with van der Waals surface area (Å²) in [5, 5.41) is 2.08. The number of thiazole rings is 1. The van der Waals surface area contributed by atoms with E-state index in [4.69, 9.17) is 0 Å². The number of nitrogens with one attached hydrogen (secondary N) is 2. The Morgan fingerprint density at radius 2 is 2.00 bits per heavy atom. The molecule has 0 aliphatic carbocycles. The topological polar surface area (TPSA) is 98.9 Å². The first-order valence-corrected chi connectivity index (χ1v) is 7.91. The molecule has 0 aliphatic rings. The van der Waals surface area contributed by atoms with Crippen molar-refractivity contribution in [3.63, 3.8) is 0 Å². The van der Waals surface area contributed by atoms with Crippen molar-refractivity contribution in [1.82, 2.24) is 15.0 Å². The number of rotatable bonds is 3. The maximum atomic E-state index is 12.5. The van der Waals surface area contributed by atoms with Gasteiger partial charge in [0, 0.05) is 18.6 Å². The van der Waals surface area contributed by atoms with Crippen LogP contribution in [0.1, 0.15) is 0 Å². The van der Waals surface area contributed by atoms with Gasteiger partial charge in [-0.2, -0.15) is 0 Å². The molecule has 0 spiro atoms. The Kier molecular flexibility index (Phi) is 2.87. The van der Waals surface area contributed by atoms with Gasteiger partial charge in [0.1, 0.15) is 0 Å². The molecule has 9 heteroatoms. The second kappa shape index (κ2) is 4.46. The maximum Gasteiger partial charge on any atom is 0.323 e. The van der Waals surface area contributed by atoms with Crippen LogP contribution < -0.4 is 9.99 Å². The molecule has 0 atom stereocenters. The molecule has 2 aromatic heterocycles. The van der Waals surface area contributed by atoms with Crippen LogP contribution in [0, 0.1) is 0 Å². The van der Waals surface area contributed by atoms with Crippen molar-refractivity contribution in [1.29, 1.82) is 0 Å². The van der Waals surface area contributed by atoms with Crippen LogP contribution in [-0.2, 0) is 10.0 Å². The molecule has 0 aliphatic heterocycles. The lowest BCUT2D eigenvalue weighted by Gasteiger charge is -2.16. The summed E-state index contributed by atoms with van der Waals surface area (Å²) in [7, 11) is -2.26. The summed E-state index contributed by atoms with van der Waals surface area (Å²) >= 11 is 1.23. The van der Waals surface area contributed by atoms with Crippen LogP contribution in [0.25, 0.3) is 11.0 Å². The second-order valence-corrected chi connectivity index (χ2v) is 6.92. The van der Waals surface area contributed by atoms with Gasteiger partial charge in [-0.25, -0.2) is 22.5 Å². The van der Waals surface area contributed by atoms with Crippen molar-refractivity contribution in [3.05, 3.63) is 40.3 Å². The Bertz CT molecular complexity index is 909. The van der Waals surface area contributed by atoms with E-state index in [1.807, 2.05) is 0 Å². The van der Waals surface area contributed by atoms with E-state index in [1.165, 1.54) is 30.5 Å². The van der Waals surface area contributed by atoms with Crippen LogP contribution in [0.3, 0.4) is 0 Å². The fourth-order valence-corrected chi connectivity index (χ4v) is 3.82. The first kappa shape index (κ1) is 12.9. The molecule has 0 radical (unpaired) electrons. The summed E-state index contributed by atoms with van der Waals surface area (Å²) in [4.78, 5) is 20.4. The smallest absolute Gasteiger partial charge is 0.306 e. The molecule has 0 saturated heterocycles. The van der Waals surface area contributed by atoms with E-state index in [9.17, 15) is 13.2 Å². The van der Waals surface area contributed by atoms with Crippen molar-refractivity contribution in [2.45, 2.75) is 4.90 Å². The molecular weight excluding hydrogens is 300 g/mol. The van der Waals surface area contributed by atoms with Gasteiger partial charge in [0.25, 0.3) is 10.0 Å². The lowest BCUT2D eigenvalue weighted by molar-refractivity contribution is 0.594. The Morgan fingerprint density at radius 1 is 1.25 bits per heavy atom. The predicted molar refractivity (Wildman–Crippen MR) is 76.6 cm³/mol. The molecule has 2 N–H and O–H groups in total. The third kappa shape index (κ3) is 2.00. The standard InChI is InChI=1S/C11H10N4O3S2/c1-15(11-12-4-5-19-11)20(17,18)7-2-3-8-9(6-7)14-10(16)13-8/h2-6H,1H3,(H2,13,14,16). The van der Waals surface area contributed by atoms with Gasteiger partial charge in [-0.1, -0.05) is 0 Å². The van der Waals surface area contributed by atoms with Gasteiger partial charge in [0.15, 0.2) is 5.13 Å². The summed E-state index contributed by atoms with van der Waals surface area (Å²) in [5.74, 6) is 0. The van der Waals surface area contributed by atoms with Crippen LogP contribution in [0.15, 0.2) is 39.5 Å². The van der Waals surface area contributed by atoms with Crippen molar-refractivity contribution >= 4 is 37.5 Å². The summed E-state index contributed by atoms with van der Waals surface area (Å²) in [6, 6.07) is 4.42. The van der Waals surface area contributed by atoms with Crippen LogP contribution in [0.5, 0.6) is 0 Å². The van der Waals surface area contributed by atoms with Crippen molar-refractivity contribution in [2.75, 3.05) is 11.4 Å². The van der Waals surface area contributed by atoms with E-state index >= 15 is 0 Å². The predicted octanol–water partition coefficient (Wildman–Crippen LogP) is 1.14. The minimum Gasteiger partial charge on any atom is -0.306 e. The van der Waals surface area contributed by atoms with Crippen molar-refractivity contribution < 1.29 is 8.42 Å². The van der Waals surface area contributed by atoms with E-state index in [1.54, 1.807) is 17.6 Å². The number of benzene rings is 1. The normalized spacial score (nSPS) is 11.8. The highest BCUT2D eigenvalue weighted by Gasteiger charge is 2.23. The Balaban J connectivity index is 2.11. The molecule has 0 amide bonds. The molecule has 2 heterocycles. The van der Waals surface area contributed by atoms with E-state index in [0.29, 0.717) is 16.2 Å². The highest BCUT2D eigenvalue weighted by atomic mass is 32.2. The van der Waals surface area contributed by atoms with Gasteiger partial charge in [0.2, 0.25) is 0 Å². The summed E-state index contributed by atoms with van der Waals surface area (Å²) in [6.45, 7) is 0. The summed E-state index contributed by atoms with van der Waals surface area (Å²) in [5.41, 5.74) is 0.636. The number of fused-ring (bicyclic) bond motifs is 1. The second-order valence-electron chi connectivity index (χ2n) is 4.07. The Hall–Kier alpha value is -2.13. The molecule has 0 bridgehead atoms. The number of anilines is 1. The van der Waals surface area contributed by atoms with Crippen LogP contribution >= 0.6 is 11.3 Å². The lowest BCUT2D eigenvalue weighted by Crippen LogP contribution is -2.26. The minimum absolute atomic E-state index is 0.0953. The molecule has 0 unspecified atom stereocenters. The number of imidazole rings is 1. The van der Waals surface area contributed by atoms with Gasteiger partial charge in [0.05, 0.1) is 15.9 Å². The molecule has 20 heavy (non-hydrogen) atoms. The van der Waals surface area contributed by atoms with Gasteiger partial charge in [-0.3, -0.25) is 0 Å². The van der Waals surface area contributed by atoms with Gasteiger partial charge in [-0.05, 0) is 18.2 Å². The number of hydrogen-bond donors (Lipinski definition) is 2. The molecular formula is C11H10N4O3S2. The number of nitrogens with zero attached hydrogens (tertiary/aromatic N) is 2. The highest BCUT2D eigenvalue weighted by molar-refractivity contribution is 7.93. The number of sulfonamides is 1. The molecule has 0 saturated carbocycles. The van der Waals surface area contributed by atoms with Crippen molar-refractivity contribution in [2.24, 2.45) is 0 Å². The zero-order valence-corrected chi connectivity index (χ0v) is 12.0. The zero-order chi connectivity index (χ0) is 14.3. The average molecular weight is 310 g/mol. The third-order valence-corrected chi connectivity index (χ3v) is 5.54. The number of hydrogen-bond acceptors (Lipinski definition) is 5. The SMILES string of the molecule is CN(c1nccs1)S(=O)(=O)c1ccc2[nH]c(=O)[nH]c2c1. The lowest BCUT2D eigenvalue weighted by atomic mass is 10.3. The average Bonchev–Trinajstić information content (AvgIpc) is 3.04. The number of aromatic nitrogens is 3. The first-order valence-electron chi connectivity index (χ1n) is 5.59. The number of H-pyrrole nitrogens is 2. The van der Waals surface area contributed by atoms with Crippen molar-refractivity contribution in [3.8, 4) is 0 Å². The number of aromatic amines is 2. The minimum atomic E-state index is -3.70. The van der Waals surface area contributed by atoms with E-state index in [2.05, 4.69) is 15.0 Å². The zero-order valence-electron chi connectivity index (χ0n) is 10.3. The van der Waals surface area contributed by atoms with Gasteiger partial charge in [-0.15, -0.1) is 11.3 Å². The maximum absolute atomic E-state index is 12.5. The van der Waals surface area contributed by atoms with E-state index in [0.717, 1.165) is 4.31 Å². The molecule has 3 aromatic rings. The molecule has 0 fully saturated rings. The van der Waals surface area contributed by atoms with Gasteiger partial charge < -0.3 is 9.97 Å². The largest absolute Gasteiger partial charge is 0.323 e. The fourth-order valence-electron chi connectivity index (χ4n) is 1.80. The molecule has 104 valence electrons. The Labute approximate surface area is 118 Å². The van der Waals surface area contributed by atoms with Crippen LogP contribution in [-0.4, -0.2) is 30.4 Å². The first-order chi connectivity index (χ1) is 9.48. The van der Waals surface area contributed by atoms with E-state index in [-0.39, 0.29) is 10.6 Å². The molecule has 7 nitrogen and oxygen atoms in total. The van der Waals surface area contributed by atoms with Crippen LogP contribution in [0.2, 0.25) is 0 Å². The quantitative estimate of drug-likeness (QED) is 0.757. The van der Waals surface area contributed by atoms with Crippen LogP contribution in [0.4, 0.5) is 5.13 Å². The summed E-state index contributed by atoms with van der Waals surface area (Å²) < 4.78 is 26.1. The highest BCUT2D eigenvalue weighted by Crippen LogP contribution is 2.24. The van der Waals surface area contributed by atoms with Gasteiger partial charge >= 0.3 is 5.69 Å². The Morgan fingerprint density at radius 3 is 2.70 bits per heavy atom. The summed E-state index contributed by atoms with van der Waals surface area (Å²) in [6.07, 6.45) is 1.54. The fraction of sp³-hybridized carbons (Fsp3) is 0.0909. The van der Waals surface area contributed by atoms with E-state index < -0.39 is 10.0 Å². The monoisotopic (exact) mass is 310 g/mol. The molecule has 3 rings (SSSR count).